The fourth-order valence-electron chi connectivity index (χ4n) is 1.26. The van der Waals surface area contributed by atoms with E-state index < -0.39 is 8.32 Å². The average Bonchev–Trinajstić information content (AvgIpc) is 2.11. The summed E-state index contributed by atoms with van der Waals surface area (Å²) in [5.41, 5.74) is 2.57. The monoisotopic (exact) mass is 236 g/mol. The van der Waals surface area contributed by atoms with Crippen LogP contribution in [-0.4, -0.2) is 8.32 Å². The zero-order chi connectivity index (χ0) is 12.6. The molecule has 1 aromatic carbocycles. The highest BCUT2D eigenvalue weighted by Crippen LogP contribution is 2.38. The third-order valence-electron chi connectivity index (χ3n) is 3.73. The van der Waals surface area contributed by atoms with Crippen molar-refractivity contribution in [2.45, 2.75) is 52.8 Å². The van der Waals surface area contributed by atoms with Crippen molar-refractivity contribution in [2.75, 3.05) is 0 Å². The first kappa shape index (κ1) is 13.3. The molecule has 0 aliphatic carbocycles. The lowest BCUT2D eigenvalue weighted by molar-refractivity contribution is 0.489. The maximum atomic E-state index is 6.32. The highest BCUT2D eigenvalue weighted by Gasteiger charge is 2.39. The molecule has 2 heteroatoms. The summed E-state index contributed by atoms with van der Waals surface area (Å²) >= 11 is 0. The molecule has 1 rings (SSSR count). The lowest BCUT2D eigenvalue weighted by atomic mass is 10.1. The first-order valence-corrected chi connectivity index (χ1v) is 8.81. The van der Waals surface area contributed by atoms with Crippen LogP contribution in [-0.2, 0) is 0 Å². The highest BCUT2D eigenvalue weighted by atomic mass is 28.4. The van der Waals surface area contributed by atoms with Crippen LogP contribution >= 0.6 is 0 Å². The Kier molecular flexibility index (Phi) is 3.53. The van der Waals surface area contributed by atoms with Crippen LogP contribution in [0.4, 0.5) is 0 Å². The number of rotatable bonds is 2. The van der Waals surface area contributed by atoms with Gasteiger partial charge in [-0.3, -0.25) is 0 Å². The SMILES string of the molecule is Cc1cccc(O[Si](C)(C)C(C)(C)C)c1C. The van der Waals surface area contributed by atoms with Crippen LogP contribution < -0.4 is 4.43 Å². The number of benzene rings is 1. The van der Waals surface area contributed by atoms with E-state index in [4.69, 9.17) is 4.43 Å². The molecule has 0 radical (unpaired) electrons. The molecule has 0 fully saturated rings. The van der Waals surface area contributed by atoms with Gasteiger partial charge in [0.25, 0.3) is 0 Å². The summed E-state index contributed by atoms with van der Waals surface area (Å²) in [6.07, 6.45) is 0. The Morgan fingerprint density at radius 2 is 1.62 bits per heavy atom. The van der Waals surface area contributed by atoms with Crippen LogP contribution in [0.25, 0.3) is 0 Å². The van der Waals surface area contributed by atoms with Crippen molar-refractivity contribution in [3.63, 3.8) is 0 Å². The second kappa shape index (κ2) is 4.25. The van der Waals surface area contributed by atoms with Gasteiger partial charge in [0.15, 0.2) is 0 Å². The Labute approximate surface area is 101 Å². The van der Waals surface area contributed by atoms with Crippen molar-refractivity contribution in [1.82, 2.24) is 0 Å². The van der Waals surface area contributed by atoms with Crippen LogP contribution in [0.5, 0.6) is 5.75 Å². The van der Waals surface area contributed by atoms with Gasteiger partial charge in [0.2, 0.25) is 8.32 Å². The number of hydrogen-bond acceptors (Lipinski definition) is 1. The maximum Gasteiger partial charge on any atom is 0.250 e. The van der Waals surface area contributed by atoms with Gasteiger partial charge in [-0.25, -0.2) is 0 Å². The predicted molar refractivity (Wildman–Crippen MR) is 73.7 cm³/mol. The molecular weight excluding hydrogens is 212 g/mol. The fraction of sp³-hybridized carbons (Fsp3) is 0.571. The number of aryl methyl sites for hydroxylation is 1. The second-order valence-electron chi connectivity index (χ2n) is 6.06. The molecule has 0 amide bonds. The smallest absolute Gasteiger partial charge is 0.250 e. The standard InChI is InChI=1S/C14H24OSi/c1-11-9-8-10-13(12(11)2)15-16(6,7)14(3,4)5/h8-10H,1-7H3. The van der Waals surface area contributed by atoms with Gasteiger partial charge in [-0.15, -0.1) is 0 Å². The van der Waals surface area contributed by atoms with Crippen LogP contribution in [0.3, 0.4) is 0 Å². The van der Waals surface area contributed by atoms with Crippen molar-refractivity contribution in [1.29, 1.82) is 0 Å². The Hall–Kier alpha value is -0.763. The molecule has 0 aromatic heterocycles. The van der Waals surface area contributed by atoms with Crippen LogP contribution in [0, 0.1) is 13.8 Å². The Morgan fingerprint density at radius 1 is 1.06 bits per heavy atom. The summed E-state index contributed by atoms with van der Waals surface area (Å²) in [6, 6.07) is 6.29. The first-order valence-electron chi connectivity index (χ1n) is 5.90. The maximum absolute atomic E-state index is 6.32. The summed E-state index contributed by atoms with van der Waals surface area (Å²) in [5, 5.41) is 0.253. The van der Waals surface area contributed by atoms with E-state index in [1.54, 1.807) is 0 Å². The molecule has 0 aliphatic rings. The Bertz CT molecular complexity index is 375. The topological polar surface area (TPSA) is 9.23 Å². The highest BCUT2D eigenvalue weighted by molar-refractivity contribution is 6.74. The number of hydrogen-bond donors (Lipinski definition) is 0. The second-order valence-corrected chi connectivity index (χ2v) is 10.8. The lowest BCUT2D eigenvalue weighted by Gasteiger charge is -2.37. The van der Waals surface area contributed by atoms with Gasteiger partial charge >= 0.3 is 0 Å². The molecule has 0 saturated carbocycles. The molecule has 1 aromatic rings. The van der Waals surface area contributed by atoms with Gasteiger partial charge in [-0.2, -0.15) is 0 Å². The zero-order valence-electron chi connectivity index (χ0n) is 11.6. The summed E-state index contributed by atoms with van der Waals surface area (Å²) in [7, 11) is -1.70. The summed E-state index contributed by atoms with van der Waals surface area (Å²) in [4.78, 5) is 0. The van der Waals surface area contributed by atoms with Gasteiger partial charge in [0, 0.05) is 0 Å². The minimum atomic E-state index is -1.70. The average molecular weight is 236 g/mol. The normalized spacial score (nSPS) is 12.7. The molecule has 16 heavy (non-hydrogen) atoms. The van der Waals surface area contributed by atoms with Gasteiger partial charge < -0.3 is 4.43 Å². The third-order valence-corrected chi connectivity index (χ3v) is 8.07. The van der Waals surface area contributed by atoms with Crippen molar-refractivity contribution in [3.8, 4) is 5.75 Å². The molecule has 0 N–H and O–H groups in total. The predicted octanol–water partition coefficient (Wildman–Crippen LogP) is 4.69. The molecule has 1 nitrogen and oxygen atoms in total. The summed E-state index contributed by atoms with van der Waals surface area (Å²) in [5.74, 6) is 1.06. The van der Waals surface area contributed by atoms with E-state index in [1.165, 1.54) is 11.1 Å². The summed E-state index contributed by atoms with van der Waals surface area (Å²) in [6.45, 7) is 15.6. The van der Waals surface area contributed by atoms with Gasteiger partial charge in [-0.05, 0) is 49.2 Å². The molecular formula is C14H24OSi. The van der Waals surface area contributed by atoms with E-state index in [1.807, 2.05) is 0 Å². The van der Waals surface area contributed by atoms with Crippen molar-refractivity contribution in [3.05, 3.63) is 29.3 Å². The molecule has 0 spiro atoms. The molecule has 0 heterocycles. The van der Waals surface area contributed by atoms with E-state index in [2.05, 4.69) is 65.9 Å². The molecule has 0 saturated heterocycles. The summed E-state index contributed by atoms with van der Waals surface area (Å²) < 4.78 is 6.32. The van der Waals surface area contributed by atoms with Crippen LogP contribution in [0.1, 0.15) is 31.9 Å². The van der Waals surface area contributed by atoms with E-state index in [9.17, 15) is 0 Å². The van der Waals surface area contributed by atoms with E-state index in [0.717, 1.165) is 5.75 Å². The van der Waals surface area contributed by atoms with Gasteiger partial charge in [-0.1, -0.05) is 32.9 Å². The zero-order valence-corrected chi connectivity index (χ0v) is 12.6. The largest absolute Gasteiger partial charge is 0.543 e. The van der Waals surface area contributed by atoms with Crippen molar-refractivity contribution in [2.24, 2.45) is 0 Å². The van der Waals surface area contributed by atoms with E-state index in [0.29, 0.717) is 0 Å². The minimum Gasteiger partial charge on any atom is -0.543 e. The fourth-order valence-corrected chi connectivity index (χ4v) is 2.34. The third kappa shape index (κ3) is 2.67. The molecule has 0 unspecified atom stereocenters. The van der Waals surface area contributed by atoms with Gasteiger partial charge in [0.05, 0.1) is 0 Å². The molecule has 90 valence electrons. The Balaban J connectivity index is 3.02. The van der Waals surface area contributed by atoms with E-state index in [-0.39, 0.29) is 5.04 Å². The van der Waals surface area contributed by atoms with Crippen molar-refractivity contribution >= 4 is 8.32 Å². The van der Waals surface area contributed by atoms with E-state index >= 15 is 0 Å². The first-order chi connectivity index (χ1) is 7.15. The minimum absolute atomic E-state index is 0.253. The Morgan fingerprint density at radius 3 is 2.12 bits per heavy atom. The molecule has 0 bridgehead atoms. The van der Waals surface area contributed by atoms with Gasteiger partial charge in [0.1, 0.15) is 5.75 Å². The van der Waals surface area contributed by atoms with Crippen LogP contribution in [0.2, 0.25) is 18.1 Å². The quantitative estimate of drug-likeness (QED) is 0.677. The molecule has 0 aliphatic heterocycles. The lowest BCUT2D eigenvalue weighted by Crippen LogP contribution is -2.44. The molecule has 0 atom stereocenters. The van der Waals surface area contributed by atoms with Crippen molar-refractivity contribution < 1.29 is 4.43 Å². The van der Waals surface area contributed by atoms with Crippen LogP contribution in [0.15, 0.2) is 18.2 Å².